The van der Waals surface area contributed by atoms with Gasteiger partial charge in [-0.1, -0.05) is 6.58 Å². The molecule has 6 rings (SSSR count). The van der Waals surface area contributed by atoms with E-state index in [2.05, 4.69) is 21.4 Å². The molecule has 1 saturated carbocycles. The van der Waals surface area contributed by atoms with Crippen molar-refractivity contribution in [2.24, 2.45) is 5.41 Å². The van der Waals surface area contributed by atoms with Crippen molar-refractivity contribution < 1.29 is 18.8 Å². The number of amides is 2. The Morgan fingerprint density at radius 1 is 1.18 bits per heavy atom. The number of aldehydes is 1. The fraction of sp³-hybridized carbons (Fsp3) is 0.321. The van der Waals surface area contributed by atoms with Crippen LogP contribution in [0.5, 0.6) is 0 Å². The summed E-state index contributed by atoms with van der Waals surface area (Å²) in [6.45, 7) is 5.16. The Hall–Kier alpha value is -4.05. The van der Waals surface area contributed by atoms with E-state index in [9.17, 15) is 14.4 Å². The lowest BCUT2D eigenvalue weighted by molar-refractivity contribution is -0.125. The highest BCUT2D eigenvalue weighted by atomic mass is 32.1. The molecule has 1 N–H and O–H groups in total. The van der Waals surface area contributed by atoms with E-state index in [0.29, 0.717) is 22.1 Å². The van der Waals surface area contributed by atoms with Crippen LogP contribution in [0.25, 0.3) is 21.7 Å². The highest BCUT2D eigenvalue weighted by Crippen LogP contribution is 2.48. The summed E-state index contributed by atoms with van der Waals surface area (Å²) >= 11 is 1.32. The van der Waals surface area contributed by atoms with Crippen molar-refractivity contribution in [1.82, 2.24) is 19.4 Å². The smallest absolute Gasteiger partial charge is 0.268 e. The van der Waals surface area contributed by atoms with Gasteiger partial charge in [-0.05, 0) is 73.9 Å². The van der Waals surface area contributed by atoms with Crippen molar-refractivity contribution in [3.05, 3.63) is 66.0 Å². The molecule has 2 aliphatic rings. The van der Waals surface area contributed by atoms with Crippen LogP contribution in [0.1, 0.15) is 58.2 Å². The molecule has 38 heavy (non-hydrogen) atoms. The number of likely N-dealkylation sites (tertiary alicyclic amines) is 1. The zero-order chi connectivity index (χ0) is 26.3. The third-order valence-corrected chi connectivity index (χ3v) is 8.98. The molecule has 0 bridgehead atoms. The third-order valence-electron chi connectivity index (χ3n) is 7.89. The number of oxazole rings is 1. The maximum absolute atomic E-state index is 13.3. The molecule has 2 fully saturated rings. The summed E-state index contributed by atoms with van der Waals surface area (Å²) < 4.78 is 7.44. The number of benzene rings is 1. The van der Waals surface area contributed by atoms with E-state index in [0.717, 1.165) is 67.4 Å². The van der Waals surface area contributed by atoms with E-state index in [1.807, 2.05) is 23.1 Å². The normalized spacial score (nSPS) is 21.2. The third kappa shape index (κ3) is 4.34. The molecule has 1 aromatic carbocycles. The van der Waals surface area contributed by atoms with Gasteiger partial charge in [-0.2, -0.15) is 0 Å². The van der Waals surface area contributed by atoms with Crippen molar-refractivity contribution in [2.45, 2.75) is 38.1 Å². The lowest BCUT2D eigenvalue weighted by Gasteiger charge is -2.38. The van der Waals surface area contributed by atoms with Crippen LogP contribution >= 0.6 is 11.3 Å². The zero-order valence-electron chi connectivity index (χ0n) is 20.8. The molecule has 3 aromatic heterocycles. The molecular weight excluding hydrogens is 502 g/mol. The highest BCUT2D eigenvalue weighted by molar-refractivity contribution is 7.17. The largest absolute Gasteiger partial charge is 0.443 e. The number of nitrogens with one attached hydrogen (secondary N) is 1. The van der Waals surface area contributed by atoms with E-state index < -0.39 is 0 Å². The van der Waals surface area contributed by atoms with Crippen LogP contribution in [0.4, 0.5) is 5.95 Å². The van der Waals surface area contributed by atoms with Gasteiger partial charge in [0.05, 0.1) is 27.0 Å². The van der Waals surface area contributed by atoms with Gasteiger partial charge < -0.3 is 13.9 Å². The maximum Gasteiger partial charge on any atom is 0.268 e. The van der Waals surface area contributed by atoms with Crippen LogP contribution < -0.4 is 5.32 Å². The molecule has 194 valence electrons. The van der Waals surface area contributed by atoms with Crippen molar-refractivity contribution in [3.63, 3.8) is 0 Å². The second-order valence-corrected chi connectivity index (χ2v) is 11.2. The molecule has 1 saturated heterocycles. The van der Waals surface area contributed by atoms with Crippen molar-refractivity contribution >= 4 is 46.4 Å². The van der Waals surface area contributed by atoms with Crippen molar-refractivity contribution in [3.8, 4) is 10.6 Å². The van der Waals surface area contributed by atoms with Gasteiger partial charge in [0.1, 0.15) is 6.29 Å². The average molecular weight is 530 g/mol. The van der Waals surface area contributed by atoms with E-state index in [1.54, 1.807) is 18.3 Å². The Bertz CT molecular complexity index is 1530. The molecule has 9 nitrogen and oxygen atoms in total. The summed E-state index contributed by atoms with van der Waals surface area (Å²) in [6.07, 6.45) is 9.93. The van der Waals surface area contributed by atoms with Crippen LogP contribution in [0.2, 0.25) is 0 Å². The van der Waals surface area contributed by atoms with Gasteiger partial charge in [0.25, 0.3) is 5.91 Å². The number of fused-ring (bicyclic) bond motifs is 1. The zero-order valence-corrected chi connectivity index (χ0v) is 21.6. The molecule has 0 unspecified atom stereocenters. The second-order valence-electron chi connectivity index (χ2n) is 10.1. The minimum atomic E-state index is -0.255. The molecule has 1 aliphatic heterocycles. The number of nitrogens with zero attached hydrogens (tertiary/aromatic N) is 4. The van der Waals surface area contributed by atoms with Crippen LogP contribution in [0.3, 0.4) is 0 Å². The molecular formula is C28H27N5O4S. The SMILES string of the molecule is C=CC(=O)N1CCC2(CCC(n3c(NC(=O)c4ccc(-c5cnco5)s4)nc4ccc(C=O)cc43)CC2)C1. The number of imidazole rings is 1. The number of hydrogen-bond donors (Lipinski definition) is 1. The molecule has 2 amide bonds. The minimum Gasteiger partial charge on any atom is -0.443 e. The summed E-state index contributed by atoms with van der Waals surface area (Å²) in [5.41, 5.74) is 2.24. The Morgan fingerprint density at radius 3 is 2.76 bits per heavy atom. The minimum absolute atomic E-state index is 0.00367. The van der Waals surface area contributed by atoms with Gasteiger partial charge in [0.2, 0.25) is 11.9 Å². The first-order valence-electron chi connectivity index (χ1n) is 12.7. The van der Waals surface area contributed by atoms with E-state index in [4.69, 9.17) is 9.40 Å². The Balaban J connectivity index is 1.27. The summed E-state index contributed by atoms with van der Waals surface area (Å²) in [4.78, 5) is 48.9. The number of carbonyl (C=O) groups excluding carboxylic acids is 3. The van der Waals surface area contributed by atoms with Gasteiger partial charge >= 0.3 is 0 Å². The lowest BCUT2D eigenvalue weighted by atomic mass is 9.72. The second kappa shape index (κ2) is 9.68. The van der Waals surface area contributed by atoms with Crippen LogP contribution in [0.15, 0.2) is 60.0 Å². The van der Waals surface area contributed by atoms with Gasteiger partial charge in [0.15, 0.2) is 12.2 Å². The van der Waals surface area contributed by atoms with Gasteiger partial charge in [-0.3, -0.25) is 19.7 Å². The number of rotatable bonds is 6. The van der Waals surface area contributed by atoms with E-state index in [-0.39, 0.29) is 23.3 Å². The molecule has 1 spiro atoms. The predicted molar refractivity (Wildman–Crippen MR) is 144 cm³/mol. The summed E-state index contributed by atoms with van der Waals surface area (Å²) in [6, 6.07) is 9.10. The number of hydrogen-bond acceptors (Lipinski definition) is 7. The molecule has 4 aromatic rings. The Kier molecular flexibility index (Phi) is 6.19. The number of aromatic nitrogens is 3. The van der Waals surface area contributed by atoms with Gasteiger partial charge in [0, 0.05) is 24.7 Å². The first kappa shape index (κ1) is 24.3. The van der Waals surface area contributed by atoms with Crippen LogP contribution in [-0.2, 0) is 4.79 Å². The lowest BCUT2D eigenvalue weighted by Crippen LogP contribution is -2.34. The monoisotopic (exact) mass is 529 g/mol. The molecule has 1 aliphatic carbocycles. The Labute approximate surface area is 223 Å². The summed E-state index contributed by atoms with van der Waals surface area (Å²) in [5.74, 6) is 0.822. The summed E-state index contributed by atoms with van der Waals surface area (Å²) in [7, 11) is 0. The van der Waals surface area contributed by atoms with E-state index in [1.165, 1.54) is 23.8 Å². The molecule has 10 heteroatoms. The van der Waals surface area contributed by atoms with E-state index >= 15 is 0 Å². The standard InChI is InChI=1S/C28H27N5O4S/c1-2-25(35)32-12-11-28(16-32)9-7-19(8-10-28)33-21-13-18(15-34)3-4-20(21)30-27(33)31-26(36)24-6-5-23(38-24)22-14-29-17-37-22/h2-6,13-15,17,19H,1,7-12,16H2,(H,30,31,36). The van der Waals surface area contributed by atoms with Crippen molar-refractivity contribution in [1.29, 1.82) is 0 Å². The maximum atomic E-state index is 13.3. The Morgan fingerprint density at radius 2 is 2.03 bits per heavy atom. The number of carbonyl (C=O) groups is 3. The topological polar surface area (TPSA) is 110 Å². The predicted octanol–water partition coefficient (Wildman–Crippen LogP) is 5.34. The fourth-order valence-electron chi connectivity index (χ4n) is 5.87. The molecule has 4 heterocycles. The van der Waals surface area contributed by atoms with Crippen LogP contribution in [0, 0.1) is 5.41 Å². The number of anilines is 1. The quantitative estimate of drug-likeness (QED) is 0.267. The molecule has 0 atom stereocenters. The average Bonchev–Trinajstić information content (AvgIpc) is 3.74. The first-order chi connectivity index (χ1) is 18.5. The first-order valence-corrected chi connectivity index (χ1v) is 13.5. The van der Waals surface area contributed by atoms with Crippen molar-refractivity contribution in [2.75, 3.05) is 18.4 Å². The highest BCUT2D eigenvalue weighted by Gasteiger charge is 2.42. The van der Waals surface area contributed by atoms with Crippen LogP contribution in [-0.4, -0.2) is 50.6 Å². The molecule has 0 radical (unpaired) electrons. The summed E-state index contributed by atoms with van der Waals surface area (Å²) in [5, 5.41) is 3.03. The fourth-order valence-corrected chi connectivity index (χ4v) is 6.72. The van der Waals surface area contributed by atoms with Gasteiger partial charge in [-0.25, -0.2) is 9.97 Å². The number of thiophene rings is 1. The van der Waals surface area contributed by atoms with Gasteiger partial charge in [-0.15, -0.1) is 11.3 Å².